The second-order valence-corrected chi connectivity index (χ2v) is 5.69. The Kier molecular flexibility index (Phi) is 2.58. The van der Waals surface area contributed by atoms with Gasteiger partial charge in [0.05, 0.1) is 22.3 Å². The number of imidazole rings is 1. The summed E-state index contributed by atoms with van der Waals surface area (Å²) >= 11 is 12.6. The molecule has 0 radical (unpaired) electrons. The maximum absolute atomic E-state index is 6.35. The molecule has 2 aromatic rings. The molecule has 3 N–H and O–H groups in total. The second-order valence-electron chi connectivity index (χ2n) is 4.93. The Morgan fingerprint density at radius 2 is 2.14 bits per heavy atom. The number of anilines is 1. The van der Waals surface area contributed by atoms with E-state index in [-0.39, 0.29) is 5.92 Å². The van der Waals surface area contributed by atoms with Crippen molar-refractivity contribution < 1.29 is 4.74 Å². The van der Waals surface area contributed by atoms with Crippen LogP contribution in [-0.2, 0) is 0 Å². The molecule has 4 rings (SSSR count). The van der Waals surface area contributed by atoms with Crippen LogP contribution in [-0.4, -0.2) is 15.1 Å². The van der Waals surface area contributed by atoms with Gasteiger partial charge in [-0.25, -0.2) is 4.99 Å². The number of rotatable bonds is 0. The van der Waals surface area contributed by atoms with Crippen molar-refractivity contribution in [3.05, 3.63) is 45.8 Å². The van der Waals surface area contributed by atoms with Crippen LogP contribution in [0.5, 0.6) is 5.88 Å². The van der Waals surface area contributed by atoms with Crippen LogP contribution in [0.1, 0.15) is 24.1 Å². The number of nitrogens with two attached hydrogens (primary N) is 1. The highest BCUT2D eigenvalue weighted by Gasteiger charge is 2.38. The summed E-state index contributed by atoms with van der Waals surface area (Å²) in [6.45, 7) is 1.84. The van der Waals surface area contributed by atoms with Crippen LogP contribution in [0.2, 0.25) is 5.02 Å². The van der Waals surface area contributed by atoms with E-state index >= 15 is 0 Å². The van der Waals surface area contributed by atoms with Gasteiger partial charge in [-0.15, -0.1) is 0 Å². The van der Waals surface area contributed by atoms with E-state index in [1.165, 1.54) is 0 Å². The zero-order valence-corrected chi connectivity index (χ0v) is 12.5. The smallest absolute Gasteiger partial charge is 0.242 e. The molecule has 0 aliphatic carbocycles. The van der Waals surface area contributed by atoms with Crippen molar-refractivity contribution in [3.63, 3.8) is 0 Å². The lowest BCUT2D eigenvalue weighted by Crippen LogP contribution is -2.22. The molecule has 1 aromatic heterocycles. The number of H-pyrrole nitrogens is 1. The van der Waals surface area contributed by atoms with Crippen molar-refractivity contribution in [1.29, 1.82) is 0 Å². The molecular formula is C14H10Cl2N4O. The number of nitrogen functional groups attached to an aromatic ring is 1. The van der Waals surface area contributed by atoms with Crippen molar-refractivity contribution in [3.8, 4) is 5.88 Å². The second kappa shape index (κ2) is 4.26. The first-order valence-electron chi connectivity index (χ1n) is 6.33. The molecule has 2 aliphatic heterocycles. The lowest BCUT2D eigenvalue weighted by atomic mass is 9.84. The molecule has 1 unspecified atom stereocenters. The Morgan fingerprint density at radius 1 is 1.33 bits per heavy atom. The molecule has 0 bridgehead atoms. The summed E-state index contributed by atoms with van der Waals surface area (Å²) in [6.07, 6.45) is 0. The summed E-state index contributed by atoms with van der Waals surface area (Å²) in [5.41, 5.74) is 8.96. The maximum atomic E-state index is 6.35. The number of fused-ring (bicyclic) bond motifs is 5. The zero-order chi connectivity index (χ0) is 14.7. The number of hydrogen-bond donors (Lipinski definition) is 2. The molecule has 0 saturated heterocycles. The number of allylic oxidation sites excluding steroid dienone is 2. The van der Waals surface area contributed by atoms with Crippen molar-refractivity contribution in [2.75, 3.05) is 5.73 Å². The van der Waals surface area contributed by atoms with E-state index in [1.54, 1.807) is 6.07 Å². The Labute approximate surface area is 130 Å². The number of aromatic nitrogens is 2. The summed E-state index contributed by atoms with van der Waals surface area (Å²) in [7, 11) is 0. The van der Waals surface area contributed by atoms with Gasteiger partial charge in [0.2, 0.25) is 11.8 Å². The number of benzene rings is 1. The molecular weight excluding hydrogens is 311 g/mol. The number of halogens is 2. The number of ether oxygens (including phenoxy) is 1. The summed E-state index contributed by atoms with van der Waals surface area (Å²) in [5, 5.41) is 0.930. The molecule has 21 heavy (non-hydrogen) atoms. The summed E-state index contributed by atoms with van der Waals surface area (Å²) in [6, 6.07) is 5.65. The third-order valence-corrected chi connectivity index (χ3v) is 4.28. The van der Waals surface area contributed by atoms with E-state index in [9.17, 15) is 0 Å². The minimum atomic E-state index is -0.155. The average molecular weight is 321 g/mol. The first kappa shape index (κ1) is 12.7. The van der Waals surface area contributed by atoms with E-state index in [1.807, 2.05) is 19.1 Å². The fourth-order valence-electron chi connectivity index (χ4n) is 2.83. The Balaban J connectivity index is 2.06. The number of nitrogens with one attached hydrogen (secondary N) is 1. The average Bonchev–Trinajstić information content (AvgIpc) is 2.79. The van der Waals surface area contributed by atoms with Crippen LogP contribution in [0.4, 0.5) is 11.6 Å². The third kappa shape index (κ3) is 1.71. The number of hydrogen-bond acceptors (Lipinski definition) is 4. The van der Waals surface area contributed by atoms with Gasteiger partial charge in [0.15, 0.2) is 0 Å². The van der Waals surface area contributed by atoms with Crippen LogP contribution in [0.3, 0.4) is 0 Å². The van der Waals surface area contributed by atoms with Gasteiger partial charge in [0.25, 0.3) is 0 Å². The molecule has 7 heteroatoms. The number of aliphatic imine (C=N–C) groups is 1. The molecule has 5 nitrogen and oxygen atoms in total. The Morgan fingerprint density at radius 3 is 2.95 bits per heavy atom. The molecule has 2 aliphatic rings. The molecule has 1 aromatic carbocycles. The summed E-state index contributed by atoms with van der Waals surface area (Å²) in [4.78, 5) is 11.6. The van der Waals surface area contributed by atoms with Crippen molar-refractivity contribution in [1.82, 2.24) is 9.97 Å². The standard InChI is InChI=1S/C14H10Cl2N4O/c1-5-8-9(11-13(21-5)20-14(17)19-11)6-3-2-4-7(15)10(6)18-12(8)16/h2-4,9H,1H3,(H3,17,19,20). The highest BCUT2D eigenvalue weighted by atomic mass is 35.5. The van der Waals surface area contributed by atoms with Crippen LogP contribution in [0.15, 0.2) is 34.5 Å². The van der Waals surface area contributed by atoms with E-state index < -0.39 is 0 Å². The molecule has 1 atom stereocenters. The predicted octanol–water partition coefficient (Wildman–Crippen LogP) is 3.73. The van der Waals surface area contributed by atoms with E-state index in [2.05, 4.69) is 15.0 Å². The van der Waals surface area contributed by atoms with Crippen LogP contribution < -0.4 is 10.5 Å². The number of para-hydroxylation sites is 1. The van der Waals surface area contributed by atoms with Crippen molar-refractivity contribution >= 4 is 40.0 Å². The number of aromatic amines is 1. The largest absolute Gasteiger partial charge is 0.442 e. The molecule has 0 spiro atoms. The van der Waals surface area contributed by atoms with Gasteiger partial charge in [-0.1, -0.05) is 35.3 Å². The van der Waals surface area contributed by atoms with Crippen molar-refractivity contribution in [2.24, 2.45) is 4.99 Å². The quantitative estimate of drug-likeness (QED) is 0.776. The normalized spacial score (nSPS) is 19.4. The molecule has 0 amide bonds. The SMILES string of the molecule is CC1=C2C(Cl)=Nc3c(Cl)cccc3C2c2[nH]c(N)nc2O1. The van der Waals surface area contributed by atoms with Gasteiger partial charge < -0.3 is 15.5 Å². The van der Waals surface area contributed by atoms with Crippen LogP contribution in [0.25, 0.3) is 0 Å². The molecule has 0 saturated carbocycles. The zero-order valence-electron chi connectivity index (χ0n) is 10.9. The monoisotopic (exact) mass is 320 g/mol. The van der Waals surface area contributed by atoms with Gasteiger partial charge in [0.1, 0.15) is 10.9 Å². The minimum absolute atomic E-state index is 0.155. The van der Waals surface area contributed by atoms with E-state index in [4.69, 9.17) is 33.7 Å². The molecule has 3 heterocycles. The Hall–Kier alpha value is -1.98. The van der Waals surface area contributed by atoms with Crippen LogP contribution >= 0.6 is 23.2 Å². The minimum Gasteiger partial charge on any atom is -0.442 e. The van der Waals surface area contributed by atoms with Gasteiger partial charge in [-0.3, -0.25) is 0 Å². The predicted molar refractivity (Wildman–Crippen MR) is 82.6 cm³/mol. The first-order chi connectivity index (χ1) is 10.1. The third-order valence-electron chi connectivity index (χ3n) is 3.68. The summed E-state index contributed by atoms with van der Waals surface area (Å²) < 4.78 is 5.70. The van der Waals surface area contributed by atoms with Crippen molar-refractivity contribution in [2.45, 2.75) is 12.8 Å². The fraction of sp³-hybridized carbons (Fsp3) is 0.143. The fourth-order valence-corrected chi connectivity index (χ4v) is 3.38. The van der Waals surface area contributed by atoms with Gasteiger partial charge in [-0.2, -0.15) is 4.98 Å². The topological polar surface area (TPSA) is 76.3 Å². The summed E-state index contributed by atoms with van der Waals surface area (Å²) in [5.74, 6) is 1.28. The first-order valence-corrected chi connectivity index (χ1v) is 7.09. The van der Waals surface area contributed by atoms with Gasteiger partial charge in [-0.05, 0) is 18.6 Å². The highest BCUT2D eigenvalue weighted by Crippen LogP contribution is 2.50. The number of nitrogens with zero attached hydrogens (tertiary/aromatic N) is 2. The van der Waals surface area contributed by atoms with Gasteiger partial charge in [0, 0.05) is 5.57 Å². The highest BCUT2D eigenvalue weighted by molar-refractivity contribution is 6.70. The van der Waals surface area contributed by atoms with E-state index in [0.717, 1.165) is 16.8 Å². The Bertz CT molecular complexity index is 837. The van der Waals surface area contributed by atoms with E-state index in [0.29, 0.717) is 33.5 Å². The lowest BCUT2D eigenvalue weighted by Gasteiger charge is -2.30. The van der Waals surface area contributed by atoms with Crippen LogP contribution in [0, 0.1) is 0 Å². The molecule has 0 fully saturated rings. The molecule has 106 valence electrons. The maximum Gasteiger partial charge on any atom is 0.242 e. The van der Waals surface area contributed by atoms with Gasteiger partial charge >= 0.3 is 0 Å². The lowest BCUT2D eigenvalue weighted by molar-refractivity contribution is 0.388.